The van der Waals surface area contributed by atoms with E-state index >= 15 is 0 Å². The Balaban J connectivity index is 1.46. The standard InChI is InChI=1S/C30H32N2O/c1-3-30-17-16-23(22-9-5-4-6-10-22)20-26(30)12-7-11-24-19-25(14-15-27(24)30)29(33)32-28-13-8-18-31-21(28)2/h4-6,8-10,13-16,18-19,26H,3,7,11-12,17,20H2,1-2H3,(H,32,33)/t26?,30-/m1/s1. The summed E-state index contributed by atoms with van der Waals surface area (Å²) in [4.78, 5) is 17.3. The molecule has 0 bridgehead atoms. The summed E-state index contributed by atoms with van der Waals surface area (Å²) in [5.74, 6) is 0.580. The van der Waals surface area contributed by atoms with E-state index in [2.05, 4.69) is 65.8 Å². The lowest BCUT2D eigenvalue weighted by Crippen LogP contribution is -2.36. The lowest BCUT2D eigenvalue weighted by molar-refractivity contribution is 0.102. The fraction of sp³-hybridized carbons (Fsp3) is 0.333. The molecule has 168 valence electrons. The third-order valence-corrected chi connectivity index (χ3v) is 7.89. The first-order valence-corrected chi connectivity index (χ1v) is 12.2. The van der Waals surface area contributed by atoms with Crippen LogP contribution in [0.2, 0.25) is 0 Å². The van der Waals surface area contributed by atoms with E-state index in [1.807, 2.05) is 25.1 Å². The molecule has 0 spiro atoms. The van der Waals surface area contributed by atoms with Gasteiger partial charge in [-0.05, 0) is 97.9 Å². The van der Waals surface area contributed by atoms with E-state index in [1.165, 1.54) is 35.1 Å². The maximum atomic E-state index is 13.0. The van der Waals surface area contributed by atoms with Crippen LogP contribution in [-0.4, -0.2) is 10.9 Å². The molecule has 0 radical (unpaired) electrons. The first-order chi connectivity index (χ1) is 16.1. The van der Waals surface area contributed by atoms with Crippen LogP contribution in [0.25, 0.3) is 5.57 Å². The third-order valence-electron chi connectivity index (χ3n) is 7.89. The number of carbonyl (C=O) groups excluding carboxylic acids is 1. The highest BCUT2D eigenvalue weighted by molar-refractivity contribution is 6.04. The molecule has 0 aliphatic heterocycles. The number of aromatic nitrogens is 1. The normalized spacial score (nSPS) is 21.9. The molecule has 3 nitrogen and oxygen atoms in total. The monoisotopic (exact) mass is 436 g/mol. The van der Waals surface area contributed by atoms with Crippen LogP contribution >= 0.6 is 0 Å². The molecule has 2 aromatic carbocycles. The second-order valence-corrected chi connectivity index (χ2v) is 9.56. The minimum atomic E-state index is -0.0600. The number of nitrogens with one attached hydrogen (secondary N) is 1. The first kappa shape index (κ1) is 21.6. The minimum absolute atomic E-state index is 0.0600. The van der Waals surface area contributed by atoms with Gasteiger partial charge < -0.3 is 5.32 Å². The molecule has 1 unspecified atom stereocenters. The molecule has 0 saturated carbocycles. The fourth-order valence-electron chi connectivity index (χ4n) is 6.01. The number of carbonyl (C=O) groups is 1. The Hall–Kier alpha value is -3.20. The number of aryl methyl sites for hydroxylation is 2. The highest BCUT2D eigenvalue weighted by Gasteiger charge is 2.43. The Kier molecular flexibility index (Phi) is 5.88. The quantitative estimate of drug-likeness (QED) is 0.473. The van der Waals surface area contributed by atoms with E-state index in [9.17, 15) is 4.79 Å². The van der Waals surface area contributed by atoms with Crippen molar-refractivity contribution in [2.75, 3.05) is 5.32 Å². The summed E-state index contributed by atoms with van der Waals surface area (Å²) in [6.45, 7) is 4.26. The van der Waals surface area contributed by atoms with Crippen molar-refractivity contribution in [1.82, 2.24) is 4.98 Å². The predicted molar refractivity (Wildman–Crippen MR) is 135 cm³/mol. The summed E-state index contributed by atoms with van der Waals surface area (Å²) in [7, 11) is 0. The van der Waals surface area contributed by atoms with Crippen LogP contribution in [0.4, 0.5) is 5.69 Å². The Labute approximate surface area is 197 Å². The van der Waals surface area contributed by atoms with Crippen molar-refractivity contribution in [3.63, 3.8) is 0 Å². The van der Waals surface area contributed by atoms with Crippen LogP contribution in [0.15, 0.2) is 72.9 Å². The SMILES string of the molecule is CC[C@@]12CC=C(c3ccccc3)CC1CCCc1cc(C(=O)Nc3cccnc3C)ccc12. The summed E-state index contributed by atoms with van der Waals surface area (Å²) in [5, 5.41) is 3.04. The van der Waals surface area contributed by atoms with Gasteiger partial charge >= 0.3 is 0 Å². The van der Waals surface area contributed by atoms with E-state index < -0.39 is 0 Å². The van der Waals surface area contributed by atoms with Crippen LogP contribution in [0.5, 0.6) is 0 Å². The second kappa shape index (κ2) is 8.97. The molecule has 0 saturated heterocycles. The number of anilines is 1. The first-order valence-electron chi connectivity index (χ1n) is 12.2. The molecule has 1 amide bonds. The number of rotatable bonds is 4. The van der Waals surface area contributed by atoms with Gasteiger partial charge in [0.15, 0.2) is 0 Å². The number of pyridine rings is 1. The fourth-order valence-corrected chi connectivity index (χ4v) is 6.01. The van der Waals surface area contributed by atoms with Gasteiger partial charge in [0.25, 0.3) is 5.91 Å². The van der Waals surface area contributed by atoms with Crippen molar-refractivity contribution in [2.45, 2.75) is 57.8 Å². The Bertz CT molecular complexity index is 1200. The highest BCUT2D eigenvalue weighted by Crippen LogP contribution is 2.52. The van der Waals surface area contributed by atoms with Gasteiger partial charge in [-0.25, -0.2) is 0 Å². The van der Waals surface area contributed by atoms with Crippen molar-refractivity contribution in [1.29, 1.82) is 0 Å². The van der Waals surface area contributed by atoms with Gasteiger partial charge in [0.05, 0.1) is 11.4 Å². The van der Waals surface area contributed by atoms with Gasteiger partial charge in [0, 0.05) is 17.2 Å². The zero-order valence-corrected chi connectivity index (χ0v) is 19.6. The van der Waals surface area contributed by atoms with Crippen molar-refractivity contribution >= 4 is 17.2 Å². The second-order valence-electron chi connectivity index (χ2n) is 9.56. The smallest absolute Gasteiger partial charge is 0.255 e. The Morgan fingerprint density at radius 1 is 1.12 bits per heavy atom. The molecule has 2 aliphatic rings. The summed E-state index contributed by atoms with van der Waals surface area (Å²) >= 11 is 0. The molecule has 3 heteroatoms. The van der Waals surface area contributed by atoms with Crippen molar-refractivity contribution < 1.29 is 4.79 Å². The third kappa shape index (κ3) is 4.01. The van der Waals surface area contributed by atoms with Crippen LogP contribution in [0, 0.1) is 12.8 Å². The molecule has 1 N–H and O–H groups in total. The molecule has 2 atom stereocenters. The van der Waals surface area contributed by atoms with Crippen LogP contribution < -0.4 is 5.32 Å². The molecule has 1 aromatic heterocycles. The largest absolute Gasteiger partial charge is 0.320 e. The van der Waals surface area contributed by atoms with Crippen LogP contribution in [-0.2, 0) is 11.8 Å². The van der Waals surface area contributed by atoms with Crippen LogP contribution in [0.3, 0.4) is 0 Å². The summed E-state index contributed by atoms with van der Waals surface area (Å²) in [6, 6.07) is 21.0. The molecular weight excluding hydrogens is 404 g/mol. The number of allylic oxidation sites excluding steroid dienone is 2. The number of fused-ring (bicyclic) bond motifs is 3. The van der Waals surface area contributed by atoms with Gasteiger partial charge in [-0.15, -0.1) is 0 Å². The van der Waals surface area contributed by atoms with Gasteiger partial charge in [-0.2, -0.15) is 0 Å². The zero-order valence-electron chi connectivity index (χ0n) is 19.6. The van der Waals surface area contributed by atoms with Crippen molar-refractivity contribution in [3.8, 4) is 0 Å². The molecule has 3 aromatic rings. The number of nitrogens with zero attached hydrogens (tertiary/aromatic N) is 1. The van der Waals surface area contributed by atoms with Crippen LogP contribution in [0.1, 0.15) is 71.8 Å². The van der Waals surface area contributed by atoms with E-state index in [0.29, 0.717) is 5.92 Å². The number of amides is 1. The van der Waals surface area contributed by atoms with Gasteiger partial charge in [0.2, 0.25) is 0 Å². The summed E-state index contributed by atoms with van der Waals surface area (Å²) in [6.07, 6.45) is 11.0. The molecule has 33 heavy (non-hydrogen) atoms. The van der Waals surface area contributed by atoms with Gasteiger partial charge in [-0.3, -0.25) is 9.78 Å². The van der Waals surface area contributed by atoms with E-state index in [-0.39, 0.29) is 11.3 Å². The minimum Gasteiger partial charge on any atom is -0.320 e. The van der Waals surface area contributed by atoms with Gasteiger partial charge in [-0.1, -0.05) is 49.4 Å². The number of hydrogen-bond donors (Lipinski definition) is 1. The molecule has 2 aliphatic carbocycles. The lowest BCUT2D eigenvalue weighted by atomic mass is 9.60. The molecule has 1 heterocycles. The topological polar surface area (TPSA) is 42.0 Å². The molecule has 5 rings (SSSR count). The number of benzene rings is 2. The maximum Gasteiger partial charge on any atom is 0.255 e. The lowest BCUT2D eigenvalue weighted by Gasteiger charge is -2.44. The van der Waals surface area contributed by atoms with Gasteiger partial charge in [0.1, 0.15) is 0 Å². The van der Waals surface area contributed by atoms with E-state index in [1.54, 1.807) is 6.20 Å². The maximum absolute atomic E-state index is 13.0. The predicted octanol–water partition coefficient (Wildman–Crippen LogP) is 7.12. The van der Waals surface area contributed by atoms with Crippen molar-refractivity contribution in [2.24, 2.45) is 5.92 Å². The summed E-state index contributed by atoms with van der Waals surface area (Å²) < 4.78 is 0. The molecular formula is C30H32N2O. The highest BCUT2D eigenvalue weighted by atomic mass is 16.1. The summed E-state index contributed by atoms with van der Waals surface area (Å²) in [5.41, 5.74) is 8.18. The van der Waals surface area contributed by atoms with Crippen molar-refractivity contribution in [3.05, 3.63) is 101 Å². The average Bonchev–Trinajstić information content (AvgIpc) is 3.02. The van der Waals surface area contributed by atoms with E-state index in [4.69, 9.17) is 0 Å². The average molecular weight is 437 g/mol. The van der Waals surface area contributed by atoms with E-state index in [0.717, 1.165) is 42.6 Å². The Morgan fingerprint density at radius 2 is 1.97 bits per heavy atom. The zero-order chi connectivity index (χ0) is 22.8. The Morgan fingerprint density at radius 3 is 2.76 bits per heavy atom. The number of hydrogen-bond acceptors (Lipinski definition) is 2. The molecule has 0 fully saturated rings.